The normalized spacial score (nSPS) is 9.80. The van der Waals surface area contributed by atoms with E-state index in [0.717, 1.165) is 12.1 Å². The van der Waals surface area contributed by atoms with Crippen molar-refractivity contribution in [1.29, 1.82) is 0 Å². The van der Waals surface area contributed by atoms with Crippen molar-refractivity contribution >= 4 is 39.2 Å². The summed E-state index contributed by atoms with van der Waals surface area (Å²) in [7, 11) is 1.21. The molecule has 0 saturated carbocycles. The number of hydrogen-bond donors (Lipinski definition) is 3. The second-order valence-electron chi connectivity index (χ2n) is 4.26. The largest absolute Gasteiger partial charge is 0.464 e. The summed E-state index contributed by atoms with van der Waals surface area (Å²) in [4.78, 5) is 27.9. The highest BCUT2D eigenvalue weighted by molar-refractivity contribution is 9.10. The second kappa shape index (κ2) is 8.28. The zero-order valence-corrected chi connectivity index (χ0v) is 14.1. The summed E-state index contributed by atoms with van der Waals surface area (Å²) in [6.07, 6.45) is 0. The summed E-state index contributed by atoms with van der Waals surface area (Å²) < 4.78 is 42.1. The second-order valence-corrected chi connectivity index (χ2v) is 5.01. The van der Waals surface area contributed by atoms with Crippen molar-refractivity contribution in [2.24, 2.45) is 5.73 Å². The summed E-state index contributed by atoms with van der Waals surface area (Å²) in [5, 5.41) is 0. The number of methoxy groups -OCH3 is 1. The summed E-state index contributed by atoms with van der Waals surface area (Å²) in [6, 6.07) is 1.99. The Morgan fingerprint density at radius 2 is 1.56 bits per heavy atom. The Balaban J connectivity index is 0.000000251. The number of anilines is 2. The predicted molar refractivity (Wildman–Crippen MR) is 84.7 cm³/mol. The van der Waals surface area contributed by atoms with Crippen molar-refractivity contribution < 1.29 is 27.5 Å². The van der Waals surface area contributed by atoms with Gasteiger partial charge in [-0.05, 0) is 28.1 Å². The van der Waals surface area contributed by atoms with Gasteiger partial charge in [-0.1, -0.05) is 0 Å². The molecule has 0 aliphatic heterocycles. The van der Waals surface area contributed by atoms with E-state index in [-0.39, 0.29) is 16.0 Å². The van der Waals surface area contributed by atoms with E-state index >= 15 is 0 Å². The van der Waals surface area contributed by atoms with Crippen molar-refractivity contribution in [2.75, 3.05) is 18.6 Å². The maximum atomic E-state index is 12.9. The van der Waals surface area contributed by atoms with Gasteiger partial charge in [0.15, 0.2) is 11.5 Å². The van der Waals surface area contributed by atoms with Crippen LogP contribution < -0.4 is 17.2 Å². The number of ether oxygens (including phenoxy) is 1. The molecule has 1 amide bonds. The maximum absolute atomic E-state index is 12.9. The van der Waals surface area contributed by atoms with Crippen molar-refractivity contribution in [3.05, 3.63) is 45.7 Å². The first-order valence-electron chi connectivity index (χ1n) is 6.19. The van der Waals surface area contributed by atoms with E-state index in [4.69, 9.17) is 17.2 Å². The van der Waals surface area contributed by atoms with Crippen LogP contribution in [-0.4, -0.2) is 29.0 Å². The number of nitrogens with zero attached hydrogens (tertiary/aromatic N) is 2. The number of nitrogen functional groups attached to an aromatic ring is 2. The van der Waals surface area contributed by atoms with E-state index in [2.05, 4.69) is 30.6 Å². The van der Waals surface area contributed by atoms with Crippen LogP contribution in [0.4, 0.5) is 24.5 Å². The Kier molecular flexibility index (Phi) is 6.68. The molecule has 0 aromatic carbocycles. The lowest BCUT2D eigenvalue weighted by atomic mass is 10.3. The molecule has 8 nitrogen and oxygen atoms in total. The minimum absolute atomic E-state index is 0.0340. The van der Waals surface area contributed by atoms with Gasteiger partial charge < -0.3 is 21.9 Å². The van der Waals surface area contributed by atoms with Crippen LogP contribution in [0.3, 0.4) is 0 Å². The number of carbonyl (C=O) groups is 2. The van der Waals surface area contributed by atoms with Crippen molar-refractivity contribution in [1.82, 2.24) is 9.97 Å². The van der Waals surface area contributed by atoms with Crippen LogP contribution >= 0.6 is 15.9 Å². The zero-order valence-electron chi connectivity index (χ0n) is 12.5. The fourth-order valence-electron chi connectivity index (χ4n) is 1.37. The van der Waals surface area contributed by atoms with Gasteiger partial charge in [-0.2, -0.15) is 8.78 Å². The van der Waals surface area contributed by atoms with Crippen LogP contribution in [0.25, 0.3) is 0 Å². The standard InChI is InChI=1S/C7H6BrFN2O2.C6H5F2N3O/c1-13-7(12)4-2-3(10)5(9)6(8)11-4;7-4-2(9)1-3(6(10)12)11-5(4)8/h2H,1H3,(H2,10,11);1H,(H2,9,11)(H2,10,12). The molecule has 0 bridgehead atoms. The van der Waals surface area contributed by atoms with E-state index in [1.165, 1.54) is 7.11 Å². The third-order valence-corrected chi connectivity index (χ3v) is 3.06. The molecule has 0 spiro atoms. The molecular weight excluding hydrogens is 411 g/mol. The number of primary amides is 1. The minimum atomic E-state index is -1.43. The Labute approximate surface area is 147 Å². The number of hydrogen-bond acceptors (Lipinski definition) is 7. The van der Waals surface area contributed by atoms with Crippen molar-refractivity contribution in [2.45, 2.75) is 0 Å². The van der Waals surface area contributed by atoms with Gasteiger partial charge in [-0.15, -0.1) is 0 Å². The fraction of sp³-hybridized carbons (Fsp3) is 0.0769. The first kappa shape index (κ1) is 20.2. The lowest BCUT2D eigenvalue weighted by Gasteiger charge is -2.02. The maximum Gasteiger partial charge on any atom is 0.356 e. The molecule has 2 rings (SSSR count). The van der Waals surface area contributed by atoms with Gasteiger partial charge >= 0.3 is 5.97 Å². The number of carbonyl (C=O) groups excluding carboxylic acids is 2. The number of amides is 1. The zero-order chi connectivity index (χ0) is 19.3. The van der Waals surface area contributed by atoms with E-state index in [0.29, 0.717) is 0 Å². The van der Waals surface area contributed by atoms with Crippen molar-refractivity contribution in [3.8, 4) is 0 Å². The number of esters is 1. The Bertz CT molecular complexity index is 789. The van der Waals surface area contributed by atoms with E-state index < -0.39 is 40.8 Å². The highest BCUT2D eigenvalue weighted by Gasteiger charge is 2.14. The molecule has 12 heteroatoms. The Morgan fingerprint density at radius 3 is 2.00 bits per heavy atom. The smallest absolute Gasteiger partial charge is 0.356 e. The van der Waals surface area contributed by atoms with E-state index in [1.807, 2.05) is 0 Å². The Hall–Kier alpha value is -2.89. The third-order valence-electron chi connectivity index (χ3n) is 2.54. The Morgan fingerprint density at radius 1 is 1.04 bits per heavy atom. The summed E-state index contributed by atoms with van der Waals surface area (Å²) in [5.41, 5.74) is 13.9. The first-order valence-corrected chi connectivity index (χ1v) is 6.98. The molecule has 0 saturated heterocycles. The average Bonchev–Trinajstić information content (AvgIpc) is 2.56. The first-order chi connectivity index (χ1) is 11.6. The number of rotatable bonds is 2. The van der Waals surface area contributed by atoms with Gasteiger partial charge in [0.2, 0.25) is 5.82 Å². The van der Waals surface area contributed by atoms with Gasteiger partial charge in [0.1, 0.15) is 10.3 Å². The molecule has 25 heavy (non-hydrogen) atoms. The van der Waals surface area contributed by atoms with Gasteiger partial charge in [0.05, 0.1) is 18.5 Å². The molecule has 0 radical (unpaired) electrons. The molecule has 0 aliphatic carbocycles. The van der Waals surface area contributed by atoms with Gasteiger partial charge in [-0.3, -0.25) is 4.79 Å². The number of aromatic nitrogens is 2. The predicted octanol–water partition coefficient (Wildman–Crippen LogP) is 1.39. The molecule has 0 atom stereocenters. The SMILES string of the molecule is COC(=O)c1cc(N)c(F)c(Br)n1.NC(=O)c1cc(N)c(F)c(F)n1. The fourth-order valence-corrected chi connectivity index (χ4v) is 1.79. The number of pyridine rings is 2. The summed E-state index contributed by atoms with van der Waals surface area (Å²) in [6.45, 7) is 0. The van der Waals surface area contributed by atoms with E-state index in [1.54, 1.807) is 0 Å². The topological polar surface area (TPSA) is 147 Å². The molecular formula is C13H11BrF3N5O3. The molecule has 0 aliphatic rings. The highest BCUT2D eigenvalue weighted by atomic mass is 79.9. The van der Waals surface area contributed by atoms with Crippen LogP contribution in [0.2, 0.25) is 0 Å². The quantitative estimate of drug-likeness (QED) is 0.490. The molecule has 2 aromatic rings. The van der Waals surface area contributed by atoms with Crippen LogP contribution in [0.5, 0.6) is 0 Å². The van der Waals surface area contributed by atoms with Gasteiger partial charge in [0.25, 0.3) is 11.9 Å². The summed E-state index contributed by atoms with van der Waals surface area (Å²) >= 11 is 2.82. The lowest BCUT2D eigenvalue weighted by molar-refractivity contribution is 0.0593. The summed E-state index contributed by atoms with van der Waals surface area (Å²) in [5.74, 6) is -5.01. The molecule has 134 valence electrons. The van der Waals surface area contributed by atoms with Crippen molar-refractivity contribution in [3.63, 3.8) is 0 Å². The number of halogens is 4. The van der Waals surface area contributed by atoms with Crippen LogP contribution in [-0.2, 0) is 4.74 Å². The van der Waals surface area contributed by atoms with Gasteiger partial charge in [-0.25, -0.2) is 19.2 Å². The van der Waals surface area contributed by atoms with Crippen LogP contribution in [0.1, 0.15) is 21.0 Å². The molecule has 0 fully saturated rings. The van der Waals surface area contributed by atoms with Crippen LogP contribution in [0.15, 0.2) is 16.7 Å². The highest BCUT2D eigenvalue weighted by Crippen LogP contribution is 2.19. The average molecular weight is 422 g/mol. The van der Waals surface area contributed by atoms with Gasteiger partial charge in [0, 0.05) is 0 Å². The number of nitrogens with two attached hydrogens (primary N) is 3. The molecule has 0 unspecified atom stereocenters. The van der Waals surface area contributed by atoms with E-state index in [9.17, 15) is 22.8 Å². The van der Waals surface area contributed by atoms with Crippen LogP contribution in [0, 0.1) is 17.6 Å². The monoisotopic (exact) mass is 421 g/mol. The third kappa shape index (κ3) is 5.04. The molecule has 2 heterocycles. The molecule has 6 N–H and O–H groups in total. The minimum Gasteiger partial charge on any atom is -0.464 e. The molecule has 2 aromatic heterocycles. The lowest BCUT2D eigenvalue weighted by Crippen LogP contribution is -2.15.